The van der Waals surface area contributed by atoms with E-state index in [2.05, 4.69) is 0 Å². The Hall–Kier alpha value is -0.510. The molecular formula is C21H31FO6S2. The lowest BCUT2D eigenvalue weighted by atomic mass is 9.53. The number of carbonyl (C=O) groups is 2. The molecule has 4 saturated carbocycles. The van der Waals surface area contributed by atoms with Crippen molar-refractivity contribution in [3.63, 3.8) is 0 Å². The number of hydrogen-bond donors (Lipinski definition) is 2. The number of aliphatic hydroxyl groups excluding tert-OH is 2. The summed E-state index contributed by atoms with van der Waals surface area (Å²) in [6, 6.07) is 0. The maximum atomic E-state index is 13.6. The third-order valence-electron chi connectivity index (χ3n) is 7.29. The second-order valence-corrected chi connectivity index (χ2v) is 12.9. The third kappa shape index (κ3) is 3.88. The number of halogens is 1. The van der Waals surface area contributed by atoms with Gasteiger partial charge in [0.25, 0.3) is 0 Å². The lowest BCUT2D eigenvalue weighted by Gasteiger charge is -2.65. The lowest BCUT2D eigenvalue weighted by Crippen LogP contribution is -2.64. The van der Waals surface area contributed by atoms with Crippen LogP contribution in [0.2, 0.25) is 0 Å². The number of esters is 2. The van der Waals surface area contributed by atoms with E-state index >= 15 is 0 Å². The van der Waals surface area contributed by atoms with Crippen LogP contribution in [0.3, 0.4) is 0 Å². The molecule has 5 rings (SSSR count). The number of alkyl halides is 1. The van der Waals surface area contributed by atoms with Crippen LogP contribution in [-0.4, -0.2) is 68.8 Å². The molecule has 1 spiro atoms. The summed E-state index contributed by atoms with van der Waals surface area (Å²) in [6.45, 7) is 1.63. The molecule has 0 amide bonds. The van der Waals surface area contributed by atoms with Gasteiger partial charge in [-0.2, -0.15) is 0 Å². The molecule has 6 nitrogen and oxygen atoms in total. The summed E-state index contributed by atoms with van der Waals surface area (Å²) in [6.07, 6.45) is 4.66. The number of carbonyl (C=O) groups excluding carboxylic acids is 2. The Morgan fingerprint density at radius 1 is 1.07 bits per heavy atom. The van der Waals surface area contributed by atoms with Crippen molar-refractivity contribution < 1.29 is 33.7 Å². The van der Waals surface area contributed by atoms with Crippen molar-refractivity contribution in [2.24, 2.45) is 23.2 Å². The molecule has 0 aromatic carbocycles. The van der Waals surface area contributed by atoms with E-state index in [1.165, 1.54) is 0 Å². The van der Waals surface area contributed by atoms with Crippen LogP contribution in [0.5, 0.6) is 0 Å². The molecule has 2 unspecified atom stereocenters. The van der Waals surface area contributed by atoms with Crippen LogP contribution in [0.4, 0.5) is 4.39 Å². The SMILES string of the molecule is CC(C)(F)C(=O)OCC(=O)OC12CC3CC(C1)C1(SCC(CO)(CO)CS1)C(C3)C2. The molecule has 170 valence electrons. The maximum Gasteiger partial charge on any atom is 0.344 e. The van der Waals surface area contributed by atoms with Gasteiger partial charge in [0.2, 0.25) is 5.67 Å². The minimum atomic E-state index is -2.14. The summed E-state index contributed by atoms with van der Waals surface area (Å²) in [4.78, 5) is 24.0. The van der Waals surface area contributed by atoms with E-state index in [-0.39, 0.29) is 17.3 Å². The summed E-state index contributed by atoms with van der Waals surface area (Å²) in [7, 11) is 0. The van der Waals surface area contributed by atoms with Crippen LogP contribution >= 0.6 is 23.5 Å². The summed E-state index contributed by atoms with van der Waals surface area (Å²) in [5, 5.41) is 19.5. The highest BCUT2D eigenvalue weighted by Gasteiger charge is 2.65. The zero-order valence-corrected chi connectivity index (χ0v) is 19.2. The summed E-state index contributed by atoms with van der Waals surface area (Å²) >= 11 is 3.77. The van der Waals surface area contributed by atoms with Gasteiger partial charge in [-0.3, -0.25) is 0 Å². The van der Waals surface area contributed by atoms with Gasteiger partial charge in [-0.15, -0.1) is 23.5 Å². The fraction of sp³-hybridized carbons (Fsp3) is 0.905. The highest BCUT2D eigenvalue weighted by molar-refractivity contribution is 8.18. The van der Waals surface area contributed by atoms with Crippen LogP contribution in [0.1, 0.15) is 46.0 Å². The van der Waals surface area contributed by atoms with Crippen LogP contribution in [0.25, 0.3) is 0 Å². The number of ether oxygens (including phenoxy) is 2. The van der Waals surface area contributed by atoms with E-state index in [1.807, 2.05) is 23.5 Å². The molecule has 0 radical (unpaired) electrons. The molecule has 0 aromatic heterocycles. The van der Waals surface area contributed by atoms with Crippen LogP contribution in [0, 0.1) is 23.2 Å². The van der Waals surface area contributed by atoms with Crippen molar-refractivity contribution in [2.45, 2.75) is 61.3 Å². The Morgan fingerprint density at radius 3 is 2.13 bits per heavy atom. The van der Waals surface area contributed by atoms with Crippen LogP contribution < -0.4 is 0 Å². The van der Waals surface area contributed by atoms with Gasteiger partial charge in [-0.05, 0) is 63.7 Å². The van der Waals surface area contributed by atoms with Gasteiger partial charge in [0, 0.05) is 16.9 Å². The van der Waals surface area contributed by atoms with Gasteiger partial charge in [-0.25, -0.2) is 14.0 Å². The van der Waals surface area contributed by atoms with Gasteiger partial charge in [0.05, 0.1) is 17.3 Å². The smallest absolute Gasteiger partial charge is 0.344 e. The standard InChI is InChI=1S/C21H31FO6S2/c1-18(2,22)17(26)27-8-16(25)28-20-5-13-3-14(6-20)21(15(4-13)7-20)29-11-19(9-23,10-24)12-30-21/h13-15,23-24H,3-12H2,1-2H3. The minimum Gasteiger partial charge on any atom is -0.457 e. The predicted octanol–water partition coefficient (Wildman–Crippen LogP) is 2.55. The fourth-order valence-corrected chi connectivity index (χ4v) is 9.98. The Kier molecular flexibility index (Phi) is 5.91. The number of thioether (sulfide) groups is 2. The van der Waals surface area contributed by atoms with Crippen LogP contribution in [-0.2, 0) is 19.1 Å². The normalized spacial score (nSPS) is 36.0. The van der Waals surface area contributed by atoms with E-state index in [4.69, 9.17) is 9.47 Å². The van der Waals surface area contributed by atoms with Gasteiger partial charge < -0.3 is 19.7 Å². The van der Waals surface area contributed by atoms with Crippen molar-refractivity contribution in [1.29, 1.82) is 0 Å². The summed E-state index contributed by atoms with van der Waals surface area (Å²) in [5.41, 5.74) is -3.07. The Labute approximate surface area is 185 Å². The van der Waals surface area contributed by atoms with Gasteiger partial charge in [-0.1, -0.05) is 0 Å². The van der Waals surface area contributed by atoms with Crippen molar-refractivity contribution in [3.8, 4) is 0 Å². The van der Waals surface area contributed by atoms with E-state index < -0.39 is 35.2 Å². The van der Waals surface area contributed by atoms with E-state index in [1.54, 1.807) is 0 Å². The Bertz CT molecular complexity index is 676. The largest absolute Gasteiger partial charge is 0.457 e. The van der Waals surface area contributed by atoms with Gasteiger partial charge >= 0.3 is 11.9 Å². The van der Waals surface area contributed by atoms with E-state index in [0.29, 0.717) is 17.8 Å². The maximum absolute atomic E-state index is 13.6. The molecule has 5 aliphatic rings. The lowest BCUT2D eigenvalue weighted by molar-refractivity contribution is -0.194. The highest BCUT2D eigenvalue weighted by Crippen LogP contribution is 2.70. The summed E-state index contributed by atoms with van der Waals surface area (Å²) in [5.74, 6) is 1.17. The molecule has 2 atom stereocenters. The molecule has 1 saturated heterocycles. The molecule has 1 aliphatic heterocycles. The molecule has 4 aliphatic carbocycles. The number of hydrogen-bond acceptors (Lipinski definition) is 8. The average molecular weight is 463 g/mol. The minimum absolute atomic E-state index is 0.00645. The fourth-order valence-electron chi connectivity index (χ4n) is 5.87. The van der Waals surface area contributed by atoms with Crippen molar-refractivity contribution in [1.82, 2.24) is 0 Å². The van der Waals surface area contributed by atoms with E-state index in [0.717, 1.165) is 57.5 Å². The third-order valence-corrected chi connectivity index (χ3v) is 11.7. The van der Waals surface area contributed by atoms with Crippen LogP contribution in [0.15, 0.2) is 0 Å². The summed E-state index contributed by atoms with van der Waals surface area (Å²) < 4.78 is 24.3. The molecular weight excluding hydrogens is 431 g/mol. The first-order chi connectivity index (χ1) is 14.1. The first-order valence-corrected chi connectivity index (χ1v) is 12.6. The molecule has 2 N–H and O–H groups in total. The molecule has 5 fully saturated rings. The van der Waals surface area contributed by atoms with Gasteiger partial charge in [0.15, 0.2) is 6.61 Å². The highest BCUT2D eigenvalue weighted by atomic mass is 32.2. The number of rotatable bonds is 6. The first kappa shape index (κ1) is 22.7. The zero-order valence-electron chi connectivity index (χ0n) is 17.5. The first-order valence-electron chi connectivity index (χ1n) is 10.6. The Morgan fingerprint density at radius 2 is 1.63 bits per heavy atom. The molecule has 0 aromatic rings. The second kappa shape index (κ2) is 7.81. The molecule has 1 heterocycles. The molecule has 30 heavy (non-hydrogen) atoms. The molecule has 4 bridgehead atoms. The zero-order chi connectivity index (χ0) is 21.8. The van der Waals surface area contributed by atoms with Gasteiger partial charge in [0.1, 0.15) is 5.60 Å². The van der Waals surface area contributed by atoms with Crippen molar-refractivity contribution in [3.05, 3.63) is 0 Å². The predicted molar refractivity (Wildman–Crippen MR) is 113 cm³/mol. The quantitative estimate of drug-likeness (QED) is 0.582. The van der Waals surface area contributed by atoms with Crippen molar-refractivity contribution >= 4 is 35.5 Å². The van der Waals surface area contributed by atoms with E-state index in [9.17, 15) is 24.2 Å². The average Bonchev–Trinajstić information content (AvgIpc) is 2.69. The monoisotopic (exact) mass is 462 g/mol. The topological polar surface area (TPSA) is 93.1 Å². The van der Waals surface area contributed by atoms with Crippen molar-refractivity contribution in [2.75, 3.05) is 31.3 Å². The Balaban J connectivity index is 1.41. The number of aliphatic hydroxyl groups is 2. The second-order valence-electron chi connectivity index (χ2n) is 10.2. The molecule has 9 heteroatoms.